The van der Waals surface area contributed by atoms with Gasteiger partial charge in [-0.15, -0.1) is 0 Å². The first-order valence-corrected chi connectivity index (χ1v) is 6.66. The van der Waals surface area contributed by atoms with Crippen molar-refractivity contribution < 1.29 is 0 Å². The average molecular weight is 285 g/mol. The molecule has 1 unspecified atom stereocenters. The number of hydrogen-bond donors (Lipinski definition) is 2. The summed E-state index contributed by atoms with van der Waals surface area (Å²) in [5.41, 5.74) is 12.8. The van der Waals surface area contributed by atoms with Gasteiger partial charge in [0, 0.05) is 4.47 Å². The molecule has 0 saturated carbocycles. The van der Waals surface area contributed by atoms with Crippen molar-refractivity contribution in [3.63, 3.8) is 0 Å². The second-order valence-corrected chi connectivity index (χ2v) is 5.05. The summed E-state index contributed by atoms with van der Waals surface area (Å²) in [4.78, 5) is 0. The van der Waals surface area contributed by atoms with Crippen LogP contribution in [-0.2, 0) is 0 Å². The van der Waals surface area contributed by atoms with Gasteiger partial charge in [-0.1, -0.05) is 41.1 Å². The maximum absolute atomic E-state index is 5.71. The van der Waals surface area contributed by atoms with Crippen LogP contribution in [0.25, 0.3) is 0 Å². The van der Waals surface area contributed by atoms with Gasteiger partial charge in [0.2, 0.25) is 0 Å². The molecule has 0 fully saturated rings. The number of nitrogens with two attached hydrogens (primary N) is 2. The Labute approximate surface area is 107 Å². The molecule has 0 aliphatic heterocycles. The van der Waals surface area contributed by atoms with Crippen molar-refractivity contribution >= 4 is 15.9 Å². The SMILES string of the molecule is CCC(CC(CN)CN)c1ccccc1Br. The summed E-state index contributed by atoms with van der Waals surface area (Å²) in [6.45, 7) is 3.57. The fourth-order valence-corrected chi connectivity index (χ4v) is 2.62. The molecule has 4 N–H and O–H groups in total. The second kappa shape index (κ2) is 7.05. The van der Waals surface area contributed by atoms with Gasteiger partial charge in [-0.3, -0.25) is 0 Å². The zero-order chi connectivity index (χ0) is 12.0. The smallest absolute Gasteiger partial charge is 0.0210 e. The molecular weight excluding hydrogens is 264 g/mol. The highest BCUT2D eigenvalue weighted by molar-refractivity contribution is 9.10. The number of halogens is 1. The molecule has 1 atom stereocenters. The van der Waals surface area contributed by atoms with Crippen molar-refractivity contribution in [2.75, 3.05) is 13.1 Å². The summed E-state index contributed by atoms with van der Waals surface area (Å²) >= 11 is 3.61. The van der Waals surface area contributed by atoms with Crippen molar-refractivity contribution in [3.05, 3.63) is 34.3 Å². The molecule has 2 nitrogen and oxygen atoms in total. The Morgan fingerprint density at radius 1 is 1.19 bits per heavy atom. The molecule has 0 spiro atoms. The molecule has 1 aromatic carbocycles. The van der Waals surface area contributed by atoms with Crippen LogP contribution in [0.2, 0.25) is 0 Å². The molecule has 0 amide bonds. The molecule has 0 heterocycles. The lowest BCUT2D eigenvalue weighted by atomic mass is 9.87. The Bertz CT molecular complexity index is 311. The lowest BCUT2D eigenvalue weighted by molar-refractivity contribution is 0.441. The van der Waals surface area contributed by atoms with Crippen LogP contribution in [0.4, 0.5) is 0 Å². The second-order valence-electron chi connectivity index (χ2n) is 4.20. The Kier molecular flexibility index (Phi) is 6.03. The van der Waals surface area contributed by atoms with E-state index in [0.29, 0.717) is 24.9 Å². The maximum Gasteiger partial charge on any atom is 0.0210 e. The predicted molar refractivity (Wildman–Crippen MR) is 73.4 cm³/mol. The van der Waals surface area contributed by atoms with E-state index in [1.807, 2.05) is 6.07 Å². The Morgan fingerprint density at radius 3 is 2.31 bits per heavy atom. The van der Waals surface area contributed by atoms with Crippen molar-refractivity contribution in [1.82, 2.24) is 0 Å². The number of rotatable bonds is 6. The Balaban J connectivity index is 2.78. The minimum absolute atomic E-state index is 0.428. The van der Waals surface area contributed by atoms with E-state index in [4.69, 9.17) is 11.5 Å². The van der Waals surface area contributed by atoms with Crippen molar-refractivity contribution in [2.24, 2.45) is 17.4 Å². The maximum atomic E-state index is 5.71. The van der Waals surface area contributed by atoms with E-state index in [0.717, 1.165) is 12.8 Å². The molecule has 0 aromatic heterocycles. The minimum Gasteiger partial charge on any atom is -0.330 e. The quantitative estimate of drug-likeness (QED) is 0.844. The van der Waals surface area contributed by atoms with Gasteiger partial charge in [0.1, 0.15) is 0 Å². The van der Waals surface area contributed by atoms with E-state index in [9.17, 15) is 0 Å². The van der Waals surface area contributed by atoms with Crippen LogP contribution < -0.4 is 11.5 Å². The molecule has 0 radical (unpaired) electrons. The van der Waals surface area contributed by atoms with Gasteiger partial charge < -0.3 is 11.5 Å². The topological polar surface area (TPSA) is 52.0 Å². The zero-order valence-electron chi connectivity index (χ0n) is 9.83. The third-order valence-electron chi connectivity index (χ3n) is 3.12. The molecule has 1 rings (SSSR count). The van der Waals surface area contributed by atoms with Crippen LogP contribution in [0.1, 0.15) is 31.2 Å². The van der Waals surface area contributed by atoms with Crippen LogP contribution in [0, 0.1) is 5.92 Å². The summed E-state index contributed by atoms with van der Waals surface area (Å²) in [5, 5.41) is 0. The zero-order valence-corrected chi connectivity index (χ0v) is 11.4. The van der Waals surface area contributed by atoms with E-state index >= 15 is 0 Å². The third kappa shape index (κ3) is 3.58. The van der Waals surface area contributed by atoms with E-state index < -0.39 is 0 Å². The summed E-state index contributed by atoms with van der Waals surface area (Å²) in [5.74, 6) is 0.977. The van der Waals surface area contributed by atoms with Crippen LogP contribution >= 0.6 is 15.9 Å². The minimum atomic E-state index is 0.428. The molecule has 16 heavy (non-hydrogen) atoms. The monoisotopic (exact) mass is 284 g/mol. The fourth-order valence-electron chi connectivity index (χ4n) is 2.01. The molecule has 90 valence electrons. The van der Waals surface area contributed by atoms with Crippen LogP contribution in [0.5, 0.6) is 0 Å². The summed E-state index contributed by atoms with van der Waals surface area (Å²) < 4.78 is 1.19. The third-order valence-corrected chi connectivity index (χ3v) is 3.84. The molecule has 0 aliphatic rings. The van der Waals surface area contributed by atoms with Gasteiger partial charge in [-0.05, 0) is 49.4 Å². The highest BCUT2D eigenvalue weighted by Gasteiger charge is 2.16. The van der Waals surface area contributed by atoms with Gasteiger partial charge in [0.25, 0.3) is 0 Å². The standard InChI is InChI=1S/C13H21BrN2/c1-2-11(7-10(8-15)9-16)12-5-3-4-6-13(12)14/h3-6,10-11H,2,7-9,15-16H2,1H3. The first kappa shape index (κ1) is 13.7. The van der Waals surface area contributed by atoms with Crippen LogP contribution in [-0.4, -0.2) is 13.1 Å². The number of hydrogen-bond acceptors (Lipinski definition) is 2. The van der Waals surface area contributed by atoms with Gasteiger partial charge >= 0.3 is 0 Å². The van der Waals surface area contributed by atoms with Gasteiger partial charge in [-0.25, -0.2) is 0 Å². The molecule has 0 bridgehead atoms. The lowest BCUT2D eigenvalue weighted by Crippen LogP contribution is -2.25. The molecule has 0 saturated heterocycles. The normalized spacial score (nSPS) is 13.1. The summed E-state index contributed by atoms with van der Waals surface area (Å²) in [7, 11) is 0. The Hall–Kier alpha value is -0.380. The summed E-state index contributed by atoms with van der Waals surface area (Å²) in [6.07, 6.45) is 2.20. The lowest BCUT2D eigenvalue weighted by Gasteiger charge is -2.21. The largest absolute Gasteiger partial charge is 0.330 e. The molecule has 1 aromatic rings. The van der Waals surface area contributed by atoms with Crippen LogP contribution in [0.3, 0.4) is 0 Å². The van der Waals surface area contributed by atoms with Gasteiger partial charge in [0.05, 0.1) is 0 Å². The average Bonchev–Trinajstić information content (AvgIpc) is 2.32. The number of benzene rings is 1. The highest BCUT2D eigenvalue weighted by Crippen LogP contribution is 2.31. The first-order valence-electron chi connectivity index (χ1n) is 5.87. The fraction of sp³-hybridized carbons (Fsp3) is 0.538. The van der Waals surface area contributed by atoms with Gasteiger partial charge in [-0.2, -0.15) is 0 Å². The highest BCUT2D eigenvalue weighted by atomic mass is 79.9. The van der Waals surface area contributed by atoms with E-state index in [1.165, 1.54) is 10.0 Å². The van der Waals surface area contributed by atoms with E-state index in [-0.39, 0.29) is 0 Å². The Morgan fingerprint density at radius 2 is 1.81 bits per heavy atom. The van der Waals surface area contributed by atoms with E-state index in [1.54, 1.807) is 0 Å². The van der Waals surface area contributed by atoms with E-state index in [2.05, 4.69) is 41.1 Å². The van der Waals surface area contributed by atoms with Crippen molar-refractivity contribution in [3.8, 4) is 0 Å². The first-order chi connectivity index (χ1) is 7.72. The predicted octanol–water partition coefficient (Wildman–Crippen LogP) is 2.87. The van der Waals surface area contributed by atoms with Crippen LogP contribution in [0.15, 0.2) is 28.7 Å². The summed E-state index contributed by atoms with van der Waals surface area (Å²) in [6, 6.07) is 8.41. The van der Waals surface area contributed by atoms with Gasteiger partial charge in [0.15, 0.2) is 0 Å². The molecule has 0 aliphatic carbocycles. The molecular formula is C13H21BrN2. The van der Waals surface area contributed by atoms with Crippen molar-refractivity contribution in [2.45, 2.75) is 25.7 Å². The molecule has 3 heteroatoms. The van der Waals surface area contributed by atoms with Crippen molar-refractivity contribution in [1.29, 1.82) is 0 Å².